The number of piperidine rings is 3. The molecule has 0 radical (unpaired) electrons. The van der Waals surface area contributed by atoms with Crippen molar-refractivity contribution < 1.29 is 4.74 Å². The van der Waals surface area contributed by atoms with E-state index in [1.165, 1.54) is 110 Å². The predicted molar refractivity (Wildman–Crippen MR) is 135 cm³/mol. The van der Waals surface area contributed by atoms with Crippen LogP contribution in [0, 0.1) is 23.2 Å². The quantitative estimate of drug-likeness (QED) is 0.539. The topological polar surface area (TPSA) is 19.0 Å². The average molecular weight is 448 g/mol. The van der Waals surface area contributed by atoms with Gasteiger partial charge in [0.1, 0.15) is 0 Å². The molecule has 0 aromatic heterocycles. The lowest BCUT2D eigenvalue weighted by molar-refractivity contribution is -0.116. The first-order chi connectivity index (χ1) is 15.2. The Morgan fingerprint density at radius 1 is 0.750 bits per heavy atom. The van der Waals surface area contributed by atoms with Gasteiger partial charge in [-0.05, 0) is 135 Å². The average Bonchev–Trinajstić information content (AvgIpc) is 2.70. The number of nitrogens with zero attached hydrogens (tertiary/aromatic N) is 3. The van der Waals surface area contributed by atoms with E-state index in [4.69, 9.17) is 4.74 Å². The third-order valence-electron chi connectivity index (χ3n) is 8.91. The van der Waals surface area contributed by atoms with Crippen LogP contribution in [-0.2, 0) is 4.74 Å². The maximum absolute atomic E-state index is 6.13. The third kappa shape index (κ3) is 7.17. The lowest BCUT2D eigenvalue weighted by Gasteiger charge is -2.48. The van der Waals surface area contributed by atoms with E-state index >= 15 is 0 Å². The van der Waals surface area contributed by atoms with Crippen LogP contribution in [0.1, 0.15) is 86.0 Å². The Kier molecular flexibility index (Phi) is 8.28. The molecule has 186 valence electrons. The van der Waals surface area contributed by atoms with Gasteiger partial charge in [-0.25, -0.2) is 0 Å². The molecule has 3 heterocycles. The molecule has 0 amide bonds. The van der Waals surface area contributed by atoms with Gasteiger partial charge in [0, 0.05) is 19.6 Å². The second kappa shape index (κ2) is 10.6. The van der Waals surface area contributed by atoms with E-state index in [2.05, 4.69) is 49.3 Å². The molecular weight excluding hydrogens is 394 g/mol. The molecule has 4 aliphatic rings. The van der Waals surface area contributed by atoms with Crippen molar-refractivity contribution in [2.24, 2.45) is 23.2 Å². The first-order valence-corrected chi connectivity index (χ1v) is 14.0. The van der Waals surface area contributed by atoms with Crippen molar-refractivity contribution in [1.82, 2.24) is 14.7 Å². The van der Waals surface area contributed by atoms with Crippen LogP contribution in [0.25, 0.3) is 0 Å². The van der Waals surface area contributed by atoms with Crippen LogP contribution >= 0.6 is 0 Å². The van der Waals surface area contributed by atoms with Gasteiger partial charge in [0.15, 0.2) is 0 Å². The van der Waals surface area contributed by atoms with E-state index in [1.807, 2.05) is 0 Å². The summed E-state index contributed by atoms with van der Waals surface area (Å²) < 4.78 is 6.13. The highest BCUT2D eigenvalue weighted by atomic mass is 16.5. The standard InChI is InChI=1S/C28H53N3O/c1-23(2)20-30-14-8-28(9-15-30)10-16-31(17-11-28)21-24-6-12-29(13-7-24)22-25-18-26(19-25)32-27(3,4)5/h23-26H,6-22H2,1-5H3. The van der Waals surface area contributed by atoms with Gasteiger partial charge in [-0.1, -0.05) is 13.8 Å². The Bertz CT molecular complexity index is 554. The second-order valence-corrected chi connectivity index (χ2v) is 13.4. The third-order valence-corrected chi connectivity index (χ3v) is 8.91. The highest BCUT2D eigenvalue weighted by molar-refractivity contribution is 4.92. The molecule has 3 saturated heterocycles. The van der Waals surface area contributed by atoms with E-state index < -0.39 is 0 Å². The lowest BCUT2D eigenvalue weighted by Crippen LogP contribution is -2.49. The first kappa shape index (κ1) is 24.9. The summed E-state index contributed by atoms with van der Waals surface area (Å²) in [6.45, 7) is 23.3. The maximum Gasteiger partial charge on any atom is 0.0602 e. The second-order valence-electron chi connectivity index (χ2n) is 13.4. The van der Waals surface area contributed by atoms with E-state index in [9.17, 15) is 0 Å². The van der Waals surface area contributed by atoms with Gasteiger partial charge >= 0.3 is 0 Å². The number of ether oxygens (including phenoxy) is 1. The van der Waals surface area contributed by atoms with Crippen LogP contribution in [0.4, 0.5) is 0 Å². The molecule has 4 heteroatoms. The Morgan fingerprint density at radius 3 is 1.78 bits per heavy atom. The number of hydrogen-bond donors (Lipinski definition) is 0. The first-order valence-electron chi connectivity index (χ1n) is 14.0. The Hall–Kier alpha value is -0.160. The Labute approximate surface area is 199 Å². The molecule has 0 unspecified atom stereocenters. The van der Waals surface area contributed by atoms with Crippen LogP contribution in [0.5, 0.6) is 0 Å². The molecule has 4 fully saturated rings. The summed E-state index contributed by atoms with van der Waals surface area (Å²) in [6.07, 6.45) is 11.7. The largest absolute Gasteiger partial charge is 0.373 e. The molecular formula is C28H53N3O. The number of likely N-dealkylation sites (tertiary alicyclic amines) is 3. The molecule has 1 spiro atoms. The summed E-state index contributed by atoms with van der Waals surface area (Å²) in [4.78, 5) is 8.30. The van der Waals surface area contributed by atoms with Gasteiger partial charge < -0.3 is 19.4 Å². The van der Waals surface area contributed by atoms with Gasteiger partial charge in [0.25, 0.3) is 0 Å². The predicted octanol–water partition coefficient (Wildman–Crippen LogP) is 5.13. The lowest BCUT2D eigenvalue weighted by atomic mass is 9.71. The summed E-state index contributed by atoms with van der Waals surface area (Å²) in [5, 5.41) is 0. The highest BCUT2D eigenvalue weighted by Crippen LogP contribution is 2.41. The van der Waals surface area contributed by atoms with Gasteiger partial charge in [-0.3, -0.25) is 0 Å². The van der Waals surface area contributed by atoms with Gasteiger partial charge in [0.2, 0.25) is 0 Å². The molecule has 0 atom stereocenters. The molecule has 3 aliphatic heterocycles. The molecule has 0 aromatic carbocycles. The van der Waals surface area contributed by atoms with Crippen LogP contribution < -0.4 is 0 Å². The zero-order valence-electron chi connectivity index (χ0n) is 22.1. The SMILES string of the molecule is CC(C)CN1CCC2(CC1)CCN(CC1CCN(CC3CC(OC(C)(C)C)C3)CC1)CC2. The van der Waals surface area contributed by atoms with Gasteiger partial charge in [0.05, 0.1) is 11.7 Å². The smallest absolute Gasteiger partial charge is 0.0602 e. The normalized spacial score (nSPS) is 31.3. The van der Waals surface area contributed by atoms with Crippen molar-refractivity contribution in [3.63, 3.8) is 0 Å². The molecule has 0 aromatic rings. The van der Waals surface area contributed by atoms with Gasteiger partial charge in [-0.15, -0.1) is 0 Å². The van der Waals surface area contributed by atoms with Crippen LogP contribution in [0.3, 0.4) is 0 Å². The molecule has 1 saturated carbocycles. The fraction of sp³-hybridized carbons (Fsp3) is 1.00. The highest BCUT2D eigenvalue weighted by Gasteiger charge is 2.38. The fourth-order valence-electron chi connectivity index (χ4n) is 6.94. The van der Waals surface area contributed by atoms with E-state index in [0.717, 1.165) is 17.8 Å². The zero-order chi connectivity index (χ0) is 22.8. The van der Waals surface area contributed by atoms with Crippen molar-refractivity contribution in [3.8, 4) is 0 Å². The summed E-state index contributed by atoms with van der Waals surface area (Å²) in [5.41, 5.74) is 0.706. The molecule has 4 nitrogen and oxygen atoms in total. The maximum atomic E-state index is 6.13. The Morgan fingerprint density at radius 2 is 1.25 bits per heavy atom. The van der Waals surface area contributed by atoms with E-state index in [0.29, 0.717) is 11.5 Å². The van der Waals surface area contributed by atoms with Crippen molar-refractivity contribution in [1.29, 1.82) is 0 Å². The summed E-state index contributed by atoms with van der Waals surface area (Å²) in [6, 6.07) is 0. The summed E-state index contributed by atoms with van der Waals surface area (Å²) >= 11 is 0. The fourth-order valence-corrected chi connectivity index (χ4v) is 6.94. The minimum atomic E-state index is 0.0210. The van der Waals surface area contributed by atoms with Crippen molar-refractivity contribution >= 4 is 0 Å². The molecule has 0 bridgehead atoms. The molecule has 4 rings (SSSR count). The molecule has 32 heavy (non-hydrogen) atoms. The van der Waals surface area contributed by atoms with Crippen LogP contribution in [-0.4, -0.2) is 85.3 Å². The van der Waals surface area contributed by atoms with Crippen molar-refractivity contribution in [2.45, 2.75) is 97.7 Å². The van der Waals surface area contributed by atoms with Gasteiger partial charge in [-0.2, -0.15) is 0 Å². The van der Waals surface area contributed by atoms with Crippen molar-refractivity contribution in [3.05, 3.63) is 0 Å². The summed E-state index contributed by atoms with van der Waals surface area (Å²) in [7, 11) is 0. The zero-order valence-corrected chi connectivity index (χ0v) is 22.1. The molecule has 1 aliphatic carbocycles. The number of hydrogen-bond acceptors (Lipinski definition) is 4. The van der Waals surface area contributed by atoms with Crippen molar-refractivity contribution in [2.75, 3.05) is 58.9 Å². The van der Waals surface area contributed by atoms with Crippen LogP contribution in [0.2, 0.25) is 0 Å². The molecule has 0 N–H and O–H groups in total. The van der Waals surface area contributed by atoms with Crippen LogP contribution in [0.15, 0.2) is 0 Å². The minimum absolute atomic E-state index is 0.0210. The van der Waals surface area contributed by atoms with E-state index in [-0.39, 0.29) is 5.60 Å². The monoisotopic (exact) mass is 447 g/mol. The summed E-state index contributed by atoms with van der Waals surface area (Å²) in [5.74, 6) is 2.63. The number of rotatable bonds is 7. The Balaban J connectivity index is 1.08. The van der Waals surface area contributed by atoms with E-state index in [1.54, 1.807) is 0 Å². The minimum Gasteiger partial charge on any atom is -0.373 e.